The highest BCUT2D eigenvalue weighted by Crippen LogP contribution is 2.19. The Morgan fingerprint density at radius 3 is 2.42 bits per heavy atom. The molecule has 0 aliphatic carbocycles. The van der Waals surface area contributed by atoms with Crippen LogP contribution >= 0.6 is 0 Å². The van der Waals surface area contributed by atoms with E-state index in [1.807, 2.05) is 30.0 Å². The predicted octanol–water partition coefficient (Wildman–Crippen LogP) is 3.90. The van der Waals surface area contributed by atoms with Gasteiger partial charge in [-0.25, -0.2) is 0 Å². The number of rotatable bonds is 8. The average Bonchev–Trinajstić information content (AvgIpc) is 2.64. The van der Waals surface area contributed by atoms with Crippen molar-refractivity contribution < 1.29 is 9.59 Å². The number of ketones is 1. The van der Waals surface area contributed by atoms with Crippen LogP contribution in [0.15, 0.2) is 24.3 Å². The van der Waals surface area contributed by atoms with Gasteiger partial charge in [0.05, 0.1) is 0 Å². The highest BCUT2D eigenvalue weighted by Gasteiger charge is 2.21. The molecule has 0 unspecified atom stereocenters. The van der Waals surface area contributed by atoms with E-state index in [1.165, 1.54) is 12.8 Å². The Morgan fingerprint density at radius 2 is 1.75 bits per heavy atom. The third-order valence-corrected chi connectivity index (χ3v) is 4.73. The molecule has 0 radical (unpaired) electrons. The lowest BCUT2D eigenvalue weighted by molar-refractivity contribution is -0.131. The molecular formula is C20H30N2O2. The van der Waals surface area contributed by atoms with Crippen molar-refractivity contribution in [3.63, 3.8) is 0 Å². The fraction of sp³-hybridized carbons (Fsp3) is 0.600. The number of carbonyl (C=O) groups excluding carboxylic acids is 2. The maximum atomic E-state index is 12.2. The first-order chi connectivity index (χ1) is 11.7. The van der Waals surface area contributed by atoms with E-state index in [9.17, 15) is 9.59 Å². The van der Waals surface area contributed by atoms with Gasteiger partial charge in [0.25, 0.3) is 0 Å². The second-order valence-electron chi connectivity index (χ2n) is 6.51. The fourth-order valence-corrected chi connectivity index (χ4v) is 3.16. The van der Waals surface area contributed by atoms with Gasteiger partial charge in [0, 0.05) is 50.3 Å². The summed E-state index contributed by atoms with van der Waals surface area (Å²) in [7, 11) is 0. The zero-order valence-corrected chi connectivity index (χ0v) is 15.1. The molecule has 1 aromatic carbocycles. The van der Waals surface area contributed by atoms with E-state index < -0.39 is 0 Å². The van der Waals surface area contributed by atoms with E-state index in [2.05, 4.69) is 17.9 Å². The molecule has 132 valence electrons. The van der Waals surface area contributed by atoms with Gasteiger partial charge in [-0.3, -0.25) is 9.59 Å². The Hall–Kier alpha value is -1.84. The van der Waals surface area contributed by atoms with Crippen molar-refractivity contribution in [1.82, 2.24) is 4.90 Å². The van der Waals surface area contributed by atoms with E-state index in [1.54, 1.807) is 0 Å². The molecule has 1 heterocycles. The highest BCUT2D eigenvalue weighted by atomic mass is 16.2. The average molecular weight is 330 g/mol. The zero-order valence-electron chi connectivity index (χ0n) is 15.1. The quantitative estimate of drug-likeness (QED) is 0.536. The number of hydrogen-bond acceptors (Lipinski definition) is 3. The molecule has 1 aliphatic rings. The van der Waals surface area contributed by atoms with Crippen LogP contribution in [-0.2, 0) is 4.79 Å². The van der Waals surface area contributed by atoms with Crippen LogP contribution < -0.4 is 4.90 Å². The van der Waals surface area contributed by atoms with Gasteiger partial charge in [-0.2, -0.15) is 0 Å². The molecule has 0 spiro atoms. The molecule has 0 bridgehead atoms. The van der Waals surface area contributed by atoms with Gasteiger partial charge in [-0.1, -0.05) is 45.2 Å². The maximum Gasteiger partial charge on any atom is 0.222 e. The van der Waals surface area contributed by atoms with E-state index in [-0.39, 0.29) is 5.78 Å². The van der Waals surface area contributed by atoms with Crippen molar-refractivity contribution in [3.05, 3.63) is 29.8 Å². The molecule has 24 heavy (non-hydrogen) atoms. The molecule has 4 nitrogen and oxygen atoms in total. The summed E-state index contributed by atoms with van der Waals surface area (Å²) in [4.78, 5) is 28.4. The standard InChI is InChI=1S/C20H30N2O2/c1-3-5-6-7-11-20(24)22-14-12-21(13-15-22)18-10-8-9-17(16-18)19(23)4-2/h8-10,16H,3-7,11-15H2,1-2H3. The van der Waals surface area contributed by atoms with Crippen LogP contribution in [0.2, 0.25) is 0 Å². The summed E-state index contributed by atoms with van der Waals surface area (Å²) in [5.74, 6) is 0.471. The summed E-state index contributed by atoms with van der Waals surface area (Å²) in [6.45, 7) is 7.30. The Labute approximate surface area is 145 Å². The van der Waals surface area contributed by atoms with Gasteiger partial charge in [0.15, 0.2) is 5.78 Å². The van der Waals surface area contributed by atoms with Gasteiger partial charge in [0.2, 0.25) is 5.91 Å². The summed E-state index contributed by atoms with van der Waals surface area (Å²) in [5.41, 5.74) is 1.87. The highest BCUT2D eigenvalue weighted by molar-refractivity contribution is 5.96. The molecule has 1 amide bonds. The molecule has 1 saturated heterocycles. The van der Waals surface area contributed by atoms with Crippen molar-refractivity contribution in [2.24, 2.45) is 0 Å². The summed E-state index contributed by atoms with van der Waals surface area (Å²) >= 11 is 0. The summed E-state index contributed by atoms with van der Waals surface area (Å²) < 4.78 is 0. The third kappa shape index (κ3) is 5.08. The molecule has 0 N–H and O–H groups in total. The lowest BCUT2D eigenvalue weighted by Gasteiger charge is -2.36. The molecule has 1 fully saturated rings. The second kappa shape index (κ2) is 9.45. The second-order valence-corrected chi connectivity index (χ2v) is 6.51. The molecule has 0 atom stereocenters. The van der Waals surface area contributed by atoms with Crippen LogP contribution in [-0.4, -0.2) is 42.8 Å². The molecule has 0 aromatic heterocycles. The van der Waals surface area contributed by atoms with Gasteiger partial charge < -0.3 is 9.80 Å². The first-order valence-corrected chi connectivity index (χ1v) is 9.31. The van der Waals surface area contributed by atoms with Crippen molar-refractivity contribution in [2.45, 2.75) is 52.4 Å². The van der Waals surface area contributed by atoms with Crippen LogP contribution in [0, 0.1) is 0 Å². The normalized spacial score (nSPS) is 14.8. The van der Waals surface area contributed by atoms with E-state index in [0.29, 0.717) is 18.7 Å². The fourth-order valence-electron chi connectivity index (χ4n) is 3.16. The molecule has 1 aromatic rings. The SMILES string of the molecule is CCCCCCC(=O)N1CCN(c2cccc(C(=O)CC)c2)CC1. The summed E-state index contributed by atoms with van der Waals surface area (Å²) in [5, 5.41) is 0. The van der Waals surface area contributed by atoms with E-state index in [0.717, 1.165) is 50.3 Å². The van der Waals surface area contributed by atoms with Crippen LogP contribution in [0.3, 0.4) is 0 Å². The smallest absolute Gasteiger partial charge is 0.222 e. The maximum absolute atomic E-state index is 12.2. The predicted molar refractivity (Wildman–Crippen MR) is 98.6 cm³/mol. The number of Topliss-reactive ketones (excluding diaryl/α,β-unsaturated/α-hetero) is 1. The minimum Gasteiger partial charge on any atom is -0.368 e. The Morgan fingerprint density at radius 1 is 1.00 bits per heavy atom. The molecule has 4 heteroatoms. The summed E-state index contributed by atoms with van der Waals surface area (Å²) in [6.07, 6.45) is 5.79. The van der Waals surface area contributed by atoms with Gasteiger partial charge >= 0.3 is 0 Å². The topological polar surface area (TPSA) is 40.6 Å². The van der Waals surface area contributed by atoms with Gasteiger partial charge in [-0.05, 0) is 18.6 Å². The minimum absolute atomic E-state index is 0.178. The van der Waals surface area contributed by atoms with Gasteiger partial charge in [0.1, 0.15) is 0 Å². The van der Waals surface area contributed by atoms with Crippen molar-refractivity contribution in [1.29, 1.82) is 0 Å². The monoisotopic (exact) mass is 330 g/mol. The van der Waals surface area contributed by atoms with Crippen LogP contribution in [0.25, 0.3) is 0 Å². The number of nitrogens with zero attached hydrogens (tertiary/aromatic N) is 2. The lowest BCUT2D eigenvalue weighted by atomic mass is 10.1. The van der Waals surface area contributed by atoms with Crippen molar-refractivity contribution >= 4 is 17.4 Å². The number of anilines is 1. The molecule has 2 rings (SSSR count). The number of carbonyl (C=O) groups is 2. The largest absolute Gasteiger partial charge is 0.368 e. The number of unbranched alkanes of at least 4 members (excludes halogenated alkanes) is 3. The zero-order chi connectivity index (χ0) is 17.4. The third-order valence-electron chi connectivity index (χ3n) is 4.73. The van der Waals surface area contributed by atoms with E-state index in [4.69, 9.17) is 0 Å². The molecule has 1 aliphatic heterocycles. The van der Waals surface area contributed by atoms with Gasteiger partial charge in [-0.15, -0.1) is 0 Å². The summed E-state index contributed by atoms with van der Waals surface area (Å²) in [6, 6.07) is 7.86. The number of benzene rings is 1. The van der Waals surface area contributed by atoms with Crippen LogP contribution in [0.1, 0.15) is 62.7 Å². The lowest BCUT2D eigenvalue weighted by Crippen LogP contribution is -2.48. The Balaban J connectivity index is 1.84. The first-order valence-electron chi connectivity index (χ1n) is 9.31. The number of piperazine rings is 1. The Bertz CT molecular complexity index is 548. The van der Waals surface area contributed by atoms with Crippen LogP contribution in [0.4, 0.5) is 5.69 Å². The van der Waals surface area contributed by atoms with E-state index >= 15 is 0 Å². The van der Waals surface area contributed by atoms with Crippen LogP contribution in [0.5, 0.6) is 0 Å². The minimum atomic E-state index is 0.178. The Kier molecular flexibility index (Phi) is 7.29. The molecule has 0 saturated carbocycles. The molecular weight excluding hydrogens is 300 g/mol. The number of amides is 1. The number of hydrogen-bond donors (Lipinski definition) is 0. The van der Waals surface area contributed by atoms with Crippen molar-refractivity contribution in [2.75, 3.05) is 31.1 Å². The first kappa shape index (κ1) is 18.5. The van der Waals surface area contributed by atoms with Crippen molar-refractivity contribution in [3.8, 4) is 0 Å².